The molecule has 128 valence electrons. The first kappa shape index (κ1) is 17.0. The van der Waals surface area contributed by atoms with Gasteiger partial charge in [-0.05, 0) is 42.3 Å². The van der Waals surface area contributed by atoms with E-state index in [0.29, 0.717) is 12.3 Å². The van der Waals surface area contributed by atoms with Gasteiger partial charge in [0.1, 0.15) is 24.0 Å². The van der Waals surface area contributed by atoms with Crippen LogP contribution in [0.1, 0.15) is 24.1 Å². The van der Waals surface area contributed by atoms with Crippen molar-refractivity contribution in [3.63, 3.8) is 0 Å². The minimum atomic E-state index is -0.598. The molecule has 0 bridgehead atoms. The van der Waals surface area contributed by atoms with Crippen LogP contribution >= 0.6 is 0 Å². The molecule has 4 heteroatoms. The number of rotatable bonds is 6. The predicted molar refractivity (Wildman–Crippen MR) is 95.6 cm³/mol. The highest BCUT2D eigenvalue weighted by molar-refractivity contribution is 5.46. The number of ether oxygens (including phenoxy) is 1. The van der Waals surface area contributed by atoms with E-state index in [-0.39, 0.29) is 6.04 Å². The van der Waals surface area contributed by atoms with Crippen LogP contribution in [0.2, 0.25) is 0 Å². The minimum absolute atomic E-state index is 0.0932. The monoisotopic (exact) mass is 339 g/mol. The van der Waals surface area contributed by atoms with E-state index in [1.54, 1.807) is 0 Å². The lowest BCUT2D eigenvalue weighted by molar-refractivity contribution is 0.306. The van der Waals surface area contributed by atoms with Gasteiger partial charge in [0, 0.05) is 17.8 Å². The van der Waals surface area contributed by atoms with Gasteiger partial charge in [-0.1, -0.05) is 42.5 Å². The number of halogens is 2. The summed E-state index contributed by atoms with van der Waals surface area (Å²) < 4.78 is 32.3. The molecule has 0 amide bonds. The number of benzene rings is 3. The summed E-state index contributed by atoms with van der Waals surface area (Å²) in [6.45, 7) is 2.44. The van der Waals surface area contributed by atoms with Crippen molar-refractivity contribution >= 4 is 5.69 Å². The molecule has 0 heterocycles. The van der Waals surface area contributed by atoms with Crippen LogP contribution in [0.15, 0.2) is 72.8 Å². The van der Waals surface area contributed by atoms with Gasteiger partial charge in [0.15, 0.2) is 0 Å². The normalized spacial score (nSPS) is 11.8. The second kappa shape index (κ2) is 7.79. The van der Waals surface area contributed by atoms with E-state index in [0.717, 1.165) is 22.9 Å². The molecular formula is C21H19F2NO. The largest absolute Gasteiger partial charge is 0.489 e. The summed E-state index contributed by atoms with van der Waals surface area (Å²) in [6, 6.07) is 20.9. The van der Waals surface area contributed by atoms with Gasteiger partial charge >= 0.3 is 0 Å². The molecule has 1 atom stereocenters. The molecule has 1 N–H and O–H groups in total. The SMILES string of the molecule is CC(Nc1cc(F)cc(F)c1)c1ccc(OCc2ccccc2)cc1. The number of hydrogen-bond donors (Lipinski definition) is 1. The summed E-state index contributed by atoms with van der Waals surface area (Å²) in [6.07, 6.45) is 0. The Hall–Kier alpha value is -2.88. The molecule has 0 fully saturated rings. The quantitative estimate of drug-likeness (QED) is 0.620. The van der Waals surface area contributed by atoms with E-state index >= 15 is 0 Å². The predicted octanol–water partition coefficient (Wildman–Crippen LogP) is 5.72. The molecular weight excluding hydrogens is 320 g/mol. The maximum Gasteiger partial charge on any atom is 0.128 e. The van der Waals surface area contributed by atoms with Gasteiger partial charge in [0.2, 0.25) is 0 Å². The minimum Gasteiger partial charge on any atom is -0.489 e. The molecule has 0 spiro atoms. The van der Waals surface area contributed by atoms with Gasteiger partial charge in [-0.3, -0.25) is 0 Å². The maximum atomic E-state index is 13.3. The highest BCUT2D eigenvalue weighted by Gasteiger charge is 2.08. The van der Waals surface area contributed by atoms with Gasteiger partial charge in [-0.25, -0.2) is 8.78 Å². The lowest BCUT2D eigenvalue weighted by atomic mass is 10.1. The van der Waals surface area contributed by atoms with E-state index in [9.17, 15) is 8.78 Å². The zero-order valence-electron chi connectivity index (χ0n) is 13.9. The Morgan fingerprint density at radius 2 is 1.52 bits per heavy atom. The van der Waals surface area contributed by atoms with E-state index in [2.05, 4.69) is 5.32 Å². The summed E-state index contributed by atoms with van der Waals surface area (Å²) >= 11 is 0. The second-order valence-electron chi connectivity index (χ2n) is 5.87. The zero-order chi connectivity index (χ0) is 17.6. The fourth-order valence-electron chi connectivity index (χ4n) is 2.56. The van der Waals surface area contributed by atoms with Gasteiger partial charge in [-0.2, -0.15) is 0 Å². The van der Waals surface area contributed by atoms with Crippen molar-refractivity contribution in [2.75, 3.05) is 5.32 Å². The van der Waals surface area contributed by atoms with E-state index in [1.165, 1.54) is 12.1 Å². The summed E-state index contributed by atoms with van der Waals surface area (Å²) in [5.41, 5.74) is 2.51. The number of anilines is 1. The molecule has 0 aromatic heterocycles. The van der Waals surface area contributed by atoms with Crippen LogP contribution in [-0.2, 0) is 6.61 Å². The first-order valence-electron chi connectivity index (χ1n) is 8.09. The molecule has 3 aromatic carbocycles. The molecule has 0 saturated carbocycles. The Bertz CT molecular complexity index is 799. The molecule has 0 radical (unpaired) electrons. The highest BCUT2D eigenvalue weighted by Crippen LogP contribution is 2.23. The molecule has 0 aliphatic heterocycles. The van der Waals surface area contributed by atoms with Crippen molar-refractivity contribution in [2.24, 2.45) is 0 Å². The first-order chi connectivity index (χ1) is 12.1. The van der Waals surface area contributed by atoms with Crippen LogP contribution in [-0.4, -0.2) is 0 Å². The summed E-state index contributed by atoms with van der Waals surface area (Å²) in [5.74, 6) is -0.421. The fourth-order valence-corrected chi connectivity index (χ4v) is 2.56. The Labute approximate surface area is 146 Å². The lowest BCUT2D eigenvalue weighted by Crippen LogP contribution is -2.07. The average Bonchev–Trinajstić information content (AvgIpc) is 2.60. The Morgan fingerprint density at radius 3 is 2.16 bits per heavy atom. The Morgan fingerprint density at radius 1 is 0.880 bits per heavy atom. The summed E-state index contributed by atoms with van der Waals surface area (Å²) in [5, 5.41) is 3.10. The molecule has 25 heavy (non-hydrogen) atoms. The molecule has 2 nitrogen and oxygen atoms in total. The number of nitrogens with one attached hydrogen (secondary N) is 1. The molecule has 0 saturated heterocycles. The zero-order valence-corrected chi connectivity index (χ0v) is 13.9. The topological polar surface area (TPSA) is 21.3 Å². The van der Waals surface area contributed by atoms with Gasteiger partial charge in [0.05, 0.1) is 0 Å². The van der Waals surface area contributed by atoms with Gasteiger partial charge in [-0.15, -0.1) is 0 Å². The highest BCUT2D eigenvalue weighted by atomic mass is 19.1. The summed E-state index contributed by atoms with van der Waals surface area (Å²) in [7, 11) is 0. The van der Waals surface area contributed by atoms with E-state index < -0.39 is 11.6 Å². The molecule has 0 aliphatic rings. The maximum absolute atomic E-state index is 13.3. The molecule has 1 unspecified atom stereocenters. The van der Waals surface area contributed by atoms with E-state index in [4.69, 9.17) is 4.74 Å². The fraction of sp³-hybridized carbons (Fsp3) is 0.143. The van der Waals surface area contributed by atoms with Crippen LogP contribution in [0, 0.1) is 11.6 Å². The van der Waals surface area contributed by atoms with Crippen molar-refractivity contribution < 1.29 is 13.5 Å². The molecule has 3 aromatic rings. The summed E-state index contributed by atoms with van der Waals surface area (Å²) in [4.78, 5) is 0. The molecule has 3 rings (SSSR count). The first-order valence-corrected chi connectivity index (χ1v) is 8.09. The Kier molecular flexibility index (Phi) is 5.29. The third-order valence-corrected chi connectivity index (χ3v) is 3.87. The average molecular weight is 339 g/mol. The van der Waals surface area contributed by atoms with Crippen LogP contribution in [0.5, 0.6) is 5.75 Å². The third kappa shape index (κ3) is 4.80. The van der Waals surface area contributed by atoms with Crippen molar-refractivity contribution in [3.8, 4) is 5.75 Å². The smallest absolute Gasteiger partial charge is 0.128 e. The van der Waals surface area contributed by atoms with Crippen molar-refractivity contribution in [3.05, 3.63) is 95.6 Å². The Balaban J connectivity index is 1.61. The van der Waals surface area contributed by atoms with Crippen LogP contribution in [0.3, 0.4) is 0 Å². The van der Waals surface area contributed by atoms with Crippen LogP contribution in [0.4, 0.5) is 14.5 Å². The van der Waals surface area contributed by atoms with Crippen molar-refractivity contribution in [1.82, 2.24) is 0 Å². The van der Waals surface area contributed by atoms with Gasteiger partial charge < -0.3 is 10.1 Å². The number of hydrogen-bond acceptors (Lipinski definition) is 2. The van der Waals surface area contributed by atoms with E-state index in [1.807, 2.05) is 61.5 Å². The second-order valence-corrected chi connectivity index (χ2v) is 5.87. The molecule has 0 aliphatic carbocycles. The van der Waals surface area contributed by atoms with Crippen molar-refractivity contribution in [1.29, 1.82) is 0 Å². The third-order valence-electron chi connectivity index (χ3n) is 3.87. The van der Waals surface area contributed by atoms with Crippen LogP contribution < -0.4 is 10.1 Å². The standard InChI is InChI=1S/C21H19F2NO/c1-15(24-20-12-18(22)11-19(23)13-20)17-7-9-21(10-8-17)25-14-16-5-3-2-4-6-16/h2-13,15,24H,14H2,1H3. The lowest BCUT2D eigenvalue weighted by Gasteiger charge is -2.16. The van der Waals surface area contributed by atoms with Gasteiger partial charge in [0.25, 0.3) is 0 Å². The van der Waals surface area contributed by atoms with Crippen LogP contribution in [0.25, 0.3) is 0 Å². The van der Waals surface area contributed by atoms with Crippen molar-refractivity contribution in [2.45, 2.75) is 19.6 Å².